The number of ether oxygens (including phenoxy) is 1. The SMILES string of the molecule is COC(=O)c1cccc(C#CC(N)N)c1. The highest BCUT2D eigenvalue weighted by atomic mass is 16.5. The maximum absolute atomic E-state index is 11.2. The maximum atomic E-state index is 11.2. The fourth-order valence-corrected chi connectivity index (χ4v) is 1.01. The van der Waals surface area contributed by atoms with Gasteiger partial charge < -0.3 is 16.2 Å². The van der Waals surface area contributed by atoms with Crippen molar-refractivity contribution >= 4 is 5.97 Å². The highest BCUT2D eigenvalue weighted by molar-refractivity contribution is 5.89. The average Bonchev–Trinajstić information content (AvgIpc) is 2.25. The molecule has 0 aliphatic rings. The molecule has 4 nitrogen and oxygen atoms in total. The average molecular weight is 204 g/mol. The predicted molar refractivity (Wildman–Crippen MR) is 56.8 cm³/mol. The van der Waals surface area contributed by atoms with Crippen LogP contribution in [0.2, 0.25) is 0 Å². The van der Waals surface area contributed by atoms with Crippen molar-refractivity contribution in [3.63, 3.8) is 0 Å². The third-order valence-corrected chi connectivity index (χ3v) is 1.67. The van der Waals surface area contributed by atoms with E-state index in [0.29, 0.717) is 11.1 Å². The molecule has 1 aromatic carbocycles. The van der Waals surface area contributed by atoms with E-state index in [1.807, 2.05) is 0 Å². The van der Waals surface area contributed by atoms with E-state index in [0.717, 1.165) is 0 Å². The summed E-state index contributed by atoms with van der Waals surface area (Å²) in [6.07, 6.45) is -0.674. The highest BCUT2D eigenvalue weighted by Crippen LogP contribution is 2.05. The second-order valence-corrected chi connectivity index (χ2v) is 2.87. The highest BCUT2D eigenvalue weighted by Gasteiger charge is 2.03. The number of esters is 1. The maximum Gasteiger partial charge on any atom is 0.337 e. The van der Waals surface area contributed by atoms with Crippen LogP contribution in [0.5, 0.6) is 0 Å². The van der Waals surface area contributed by atoms with Crippen LogP contribution in [0, 0.1) is 11.8 Å². The summed E-state index contributed by atoms with van der Waals surface area (Å²) in [5, 5.41) is 0. The lowest BCUT2D eigenvalue weighted by molar-refractivity contribution is 0.0600. The molecule has 0 aromatic heterocycles. The fraction of sp³-hybridized carbons (Fsp3) is 0.182. The van der Waals surface area contributed by atoms with Gasteiger partial charge in [-0.05, 0) is 18.2 Å². The van der Waals surface area contributed by atoms with Gasteiger partial charge in [0, 0.05) is 5.56 Å². The van der Waals surface area contributed by atoms with Gasteiger partial charge >= 0.3 is 5.97 Å². The number of rotatable bonds is 1. The van der Waals surface area contributed by atoms with Crippen LogP contribution in [0.4, 0.5) is 0 Å². The number of methoxy groups -OCH3 is 1. The van der Waals surface area contributed by atoms with E-state index >= 15 is 0 Å². The molecule has 0 saturated carbocycles. The molecule has 15 heavy (non-hydrogen) atoms. The Hall–Kier alpha value is -1.83. The van der Waals surface area contributed by atoms with Crippen molar-refractivity contribution in [1.82, 2.24) is 0 Å². The molecule has 0 radical (unpaired) electrons. The van der Waals surface area contributed by atoms with Gasteiger partial charge in [0.1, 0.15) is 6.17 Å². The van der Waals surface area contributed by atoms with E-state index in [2.05, 4.69) is 16.6 Å². The number of nitrogens with two attached hydrogens (primary N) is 2. The first-order valence-corrected chi connectivity index (χ1v) is 4.34. The van der Waals surface area contributed by atoms with Crippen molar-refractivity contribution in [2.45, 2.75) is 6.17 Å². The summed E-state index contributed by atoms with van der Waals surface area (Å²) in [6, 6.07) is 6.76. The molecular weight excluding hydrogens is 192 g/mol. The van der Waals surface area contributed by atoms with Crippen LogP contribution in [-0.4, -0.2) is 19.2 Å². The van der Waals surface area contributed by atoms with E-state index in [1.54, 1.807) is 24.3 Å². The van der Waals surface area contributed by atoms with Crippen LogP contribution in [0.3, 0.4) is 0 Å². The molecular formula is C11H12N2O2. The van der Waals surface area contributed by atoms with Crippen LogP contribution < -0.4 is 11.5 Å². The Morgan fingerprint density at radius 3 is 2.80 bits per heavy atom. The summed E-state index contributed by atoms with van der Waals surface area (Å²) in [5.74, 6) is 4.96. The first-order chi connectivity index (χ1) is 7.13. The molecule has 0 fully saturated rings. The van der Waals surface area contributed by atoms with E-state index in [-0.39, 0.29) is 0 Å². The van der Waals surface area contributed by atoms with Gasteiger partial charge in [-0.3, -0.25) is 0 Å². The zero-order valence-corrected chi connectivity index (χ0v) is 8.36. The Morgan fingerprint density at radius 1 is 1.47 bits per heavy atom. The lowest BCUT2D eigenvalue weighted by Crippen LogP contribution is -2.28. The number of hydrogen-bond acceptors (Lipinski definition) is 4. The van der Waals surface area contributed by atoms with Crippen LogP contribution in [0.15, 0.2) is 24.3 Å². The molecule has 4 heteroatoms. The summed E-state index contributed by atoms with van der Waals surface area (Å²) < 4.78 is 4.58. The molecule has 0 amide bonds. The topological polar surface area (TPSA) is 78.3 Å². The Bertz CT molecular complexity index is 416. The number of hydrogen-bond donors (Lipinski definition) is 2. The monoisotopic (exact) mass is 204 g/mol. The van der Waals surface area contributed by atoms with Crippen LogP contribution >= 0.6 is 0 Å². The molecule has 78 valence electrons. The lowest BCUT2D eigenvalue weighted by atomic mass is 10.1. The largest absolute Gasteiger partial charge is 0.465 e. The second-order valence-electron chi connectivity index (χ2n) is 2.87. The van der Waals surface area contributed by atoms with Gasteiger partial charge in [0.15, 0.2) is 0 Å². The Balaban J connectivity index is 2.94. The van der Waals surface area contributed by atoms with Gasteiger partial charge in [0.2, 0.25) is 0 Å². The molecule has 1 aromatic rings. The fourth-order valence-electron chi connectivity index (χ4n) is 1.01. The molecule has 0 aliphatic heterocycles. The molecule has 0 atom stereocenters. The van der Waals surface area contributed by atoms with Crippen LogP contribution in [0.1, 0.15) is 15.9 Å². The molecule has 0 aliphatic carbocycles. The van der Waals surface area contributed by atoms with Crippen molar-refractivity contribution in [2.75, 3.05) is 7.11 Å². The zero-order chi connectivity index (χ0) is 11.3. The first kappa shape index (κ1) is 11.2. The summed E-state index contributed by atoms with van der Waals surface area (Å²) >= 11 is 0. The third-order valence-electron chi connectivity index (χ3n) is 1.67. The molecule has 0 bridgehead atoms. The predicted octanol–water partition coefficient (Wildman–Crippen LogP) is 0.0682. The summed E-state index contributed by atoms with van der Waals surface area (Å²) in [5.41, 5.74) is 11.7. The minimum atomic E-state index is -0.674. The number of benzene rings is 1. The first-order valence-electron chi connectivity index (χ1n) is 4.34. The smallest absolute Gasteiger partial charge is 0.337 e. The van der Waals surface area contributed by atoms with E-state index < -0.39 is 12.1 Å². The summed E-state index contributed by atoms with van der Waals surface area (Å²) in [7, 11) is 1.33. The van der Waals surface area contributed by atoms with Gasteiger partial charge in [-0.2, -0.15) is 0 Å². The minimum Gasteiger partial charge on any atom is -0.465 e. The minimum absolute atomic E-state index is 0.393. The van der Waals surface area contributed by atoms with E-state index in [9.17, 15) is 4.79 Å². The quantitative estimate of drug-likeness (QED) is 0.385. The molecule has 0 unspecified atom stereocenters. The lowest BCUT2D eigenvalue weighted by Gasteiger charge is -1.98. The summed E-state index contributed by atoms with van der Waals surface area (Å²) in [6.45, 7) is 0. The van der Waals surface area contributed by atoms with Gasteiger partial charge in [-0.1, -0.05) is 17.9 Å². The summed E-state index contributed by atoms with van der Waals surface area (Å²) in [4.78, 5) is 11.2. The Labute approximate surface area is 88.2 Å². The van der Waals surface area contributed by atoms with Crippen molar-refractivity contribution in [3.8, 4) is 11.8 Å². The van der Waals surface area contributed by atoms with Crippen molar-refractivity contribution < 1.29 is 9.53 Å². The molecule has 0 heterocycles. The van der Waals surface area contributed by atoms with Gasteiger partial charge in [0.05, 0.1) is 12.7 Å². The molecule has 0 spiro atoms. The van der Waals surface area contributed by atoms with Gasteiger partial charge in [-0.15, -0.1) is 0 Å². The number of carbonyl (C=O) groups is 1. The Morgan fingerprint density at radius 2 is 2.20 bits per heavy atom. The molecule has 1 rings (SSSR count). The zero-order valence-electron chi connectivity index (χ0n) is 8.36. The second kappa shape index (κ2) is 5.15. The normalized spacial score (nSPS) is 9.33. The van der Waals surface area contributed by atoms with Gasteiger partial charge in [0.25, 0.3) is 0 Å². The molecule has 4 N–H and O–H groups in total. The third kappa shape index (κ3) is 3.43. The Kier molecular flexibility index (Phi) is 3.86. The van der Waals surface area contributed by atoms with Crippen molar-refractivity contribution in [2.24, 2.45) is 11.5 Å². The van der Waals surface area contributed by atoms with Gasteiger partial charge in [-0.25, -0.2) is 4.79 Å². The van der Waals surface area contributed by atoms with E-state index in [4.69, 9.17) is 11.5 Å². The van der Waals surface area contributed by atoms with Crippen LogP contribution in [0.25, 0.3) is 0 Å². The number of carbonyl (C=O) groups excluding carboxylic acids is 1. The standard InChI is InChI=1S/C11H12N2O2/c1-15-11(14)9-4-2-3-8(7-9)5-6-10(12)13/h2-4,7,10H,12-13H2,1H3. The van der Waals surface area contributed by atoms with E-state index in [1.165, 1.54) is 7.11 Å². The van der Waals surface area contributed by atoms with Crippen molar-refractivity contribution in [3.05, 3.63) is 35.4 Å². The van der Waals surface area contributed by atoms with Crippen molar-refractivity contribution in [1.29, 1.82) is 0 Å². The van der Waals surface area contributed by atoms with Crippen LogP contribution in [-0.2, 0) is 4.74 Å². The molecule has 0 saturated heterocycles.